The number of carbonyl (C=O) groups excluding carboxylic acids is 2. The molecule has 1 aliphatic heterocycles. The second-order valence-electron chi connectivity index (χ2n) is 18.8. The van der Waals surface area contributed by atoms with Crippen molar-refractivity contribution in [3.8, 4) is 0 Å². The van der Waals surface area contributed by atoms with Crippen molar-refractivity contribution < 1.29 is 24.2 Å². The molecule has 0 radical (unpaired) electrons. The third-order valence-corrected chi connectivity index (χ3v) is 16.0. The van der Waals surface area contributed by atoms with Gasteiger partial charge in [0.1, 0.15) is 6.10 Å². The second-order valence-corrected chi connectivity index (χ2v) is 18.8. The molecule has 0 bridgehead atoms. The Balaban J connectivity index is 1.20. The van der Waals surface area contributed by atoms with Gasteiger partial charge in [-0.25, -0.2) is 0 Å². The summed E-state index contributed by atoms with van der Waals surface area (Å²) < 4.78 is 6.15. The number of carboxylic acid groups (broad SMARTS) is 1. The van der Waals surface area contributed by atoms with Crippen LogP contribution in [-0.2, 0) is 19.1 Å². The molecule has 45 heavy (non-hydrogen) atoms. The smallest absolute Gasteiger partial charge is 0.309 e. The molecule has 6 aliphatic rings. The average Bonchev–Trinajstić information content (AvgIpc) is 3.57. The zero-order chi connectivity index (χ0) is 32.8. The maximum Gasteiger partial charge on any atom is 0.309 e. The normalized spacial score (nSPS) is 45.6. The highest BCUT2D eigenvalue weighted by molar-refractivity contribution is 5.81. The Bertz CT molecular complexity index is 1210. The maximum absolute atomic E-state index is 13.6. The number of carboxylic acids is 1. The van der Waals surface area contributed by atoms with Crippen LogP contribution in [0.25, 0.3) is 0 Å². The van der Waals surface area contributed by atoms with Crippen LogP contribution in [0.15, 0.2) is 0 Å². The highest BCUT2D eigenvalue weighted by Crippen LogP contribution is 2.77. The Morgan fingerprint density at radius 2 is 1.58 bits per heavy atom. The molecule has 1 saturated heterocycles. The molecule has 5 saturated carbocycles. The average molecular weight is 627 g/mol. The summed E-state index contributed by atoms with van der Waals surface area (Å²) in [6, 6.07) is 0.142. The lowest BCUT2D eigenvalue weighted by atomic mass is 9.32. The van der Waals surface area contributed by atoms with E-state index in [-0.39, 0.29) is 51.6 Å². The maximum atomic E-state index is 13.6. The van der Waals surface area contributed by atoms with E-state index < -0.39 is 11.4 Å². The van der Waals surface area contributed by atoms with Gasteiger partial charge in [-0.05, 0) is 130 Å². The van der Waals surface area contributed by atoms with Crippen molar-refractivity contribution in [2.24, 2.45) is 61.9 Å². The van der Waals surface area contributed by atoms with Gasteiger partial charge >= 0.3 is 11.9 Å². The number of aliphatic carboxylic acids is 1. The highest BCUT2D eigenvalue weighted by atomic mass is 16.5. The Hall–Kier alpha value is -1.63. The van der Waals surface area contributed by atoms with Crippen molar-refractivity contribution in [2.75, 3.05) is 13.1 Å². The molecule has 1 heterocycles. The Kier molecular flexibility index (Phi) is 8.10. The number of nitrogens with zero attached hydrogens (tertiary/aromatic N) is 1. The summed E-state index contributed by atoms with van der Waals surface area (Å²) in [4.78, 5) is 40.3. The van der Waals surface area contributed by atoms with Crippen LogP contribution in [0.2, 0.25) is 0 Å². The van der Waals surface area contributed by atoms with E-state index in [1.165, 1.54) is 51.4 Å². The van der Waals surface area contributed by atoms with Crippen LogP contribution in [0.3, 0.4) is 0 Å². The van der Waals surface area contributed by atoms with Crippen LogP contribution < -0.4 is 5.73 Å². The van der Waals surface area contributed by atoms with Crippen LogP contribution in [0, 0.1) is 56.2 Å². The first-order valence-corrected chi connectivity index (χ1v) is 18.4. The van der Waals surface area contributed by atoms with Crippen molar-refractivity contribution in [2.45, 2.75) is 151 Å². The van der Waals surface area contributed by atoms with Gasteiger partial charge in [-0.2, -0.15) is 0 Å². The van der Waals surface area contributed by atoms with Crippen molar-refractivity contribution in [3.05, 3.63) is 0 Å². The summed E-state index contributed by atoms with van der Waals surface area (Å²) in [5.41, 5.74) is 5.78. The third-order valence-electron chi connectivity index (χ3n) is 16.0. The summed E-state index contributed by atoms with van der Waals surface area (Å²) in [7, 11) is 0. The van der Waals surface area contributed by atoms with Gasteiger partial charge in [-0.1, -0.05) is 41.0 Å². The van der Waals surface area contributed by atoms with Crippen LogP contribution in [-0.4, -0.2) is 53.1 Å². The summed E-state index contributed by atoms with van der Waals surface area (Å²) >= 11 is 0. The van der Waals surface area contributed by atoms with Gasteiger partial charge in [0.15, 0.2) is 0 Å². The number of esters is 1. The number of amides is 1. The summed E-state index contributed by atoms with van der Waals surface area (Å²) in [5.74, 6) is 1.44. The Morgan fingerprint density at radius 3 is 2.24 bits per heavy atom. The number of hydrogen-bond donors (Lipinski definition) is 2. The first-order chi connectivity index (χ1) is 20.9. The lowest BCUT2D eigenvalue weighted by Crippen LogP contribution is -2.66. The number of rotatable bonds is 6. The molecule has 7 nitrogen and oxygen atoms in total. The van der Waals surface area contributed by atoms with Gasteiger partial charge in [0.05, 0.1) is 11.8 Å². The molecule has 10 atom stereocenters. The van der Waals surface area contributed by atoms with E-state index in [0.29, 0.717) is 29.6 Å². The summed E-state index contributed by atoms with van der Waals surface area (Å²) in [6.07, 6.45) is 14.4. The summed E-state index contributed by atoms with van der Waals surface area (Å²) in [6.45, 7) is 17.2. The molecule has 6 fully saturated rings. The minimum Gasteiger partial charge on any atom is -0.481 e. The molecule has 7 heteroatoms. The molecule has 3 N–H and O–H groups in total. The number of carbonyl (C=O) groups is 3. The van der Waals surface area contributed by atoms with Crippen LogP contribution >= 0.6 is 0 Å². The molecule has 0 spiro atoms. The molecule has 0 aromatic heterocycles. The zero-order valence-corrected chi connectivity index (χ0v) is 29.4. The van der Waals surface area contributed by atoms with Crippen molar-refractivity contribution in [3.63, 3.8) is 0 Å². The lowest BCUT2D eigenvalue weighted by molar-refractivity contribution is -0.248. The molecule has 254 valence electrons. The van der Waals surface area contributed by atoms with E-state index >= 15 is 0 Å². The fourth-order valence-corrected chi connectivity index (χ4v) is 13.3. The predicted molar refractivity (Wildman–Crippen MR) is 175 cm³/mol. The van der Waals surface area contributed by atoms with Crippen molar-refractivity contribution in [1.82, 2.24) is 4.90 Å². The standard InChI is InChI=1S/C38H62N2O5/c1-33(2,32(43)44)22-31(42)45-29-13-16-35(5)27(34(29,3)4)12-17-37(7)28(35)11-10-25-26-9-8-15-38(26,19-18-36(25,37)6)21-30(41)40-20-14-24(39)23-40/h24-29H,8-23,39H2,1-7H3,(H,43,44)/t24-,25-,26-,27?,28?,29+,35+,36-,37-,38-/m1/s1. The van der Waals surface area contributed by atoms with Crippen molar-refractivity contribution >= 4 is 17.8 Å². The highest BCUT2D eigenvalue weighted by Gasteiger charge is 2.70. The summed E-state index contributed by atoms with van der Waals surface area (Å²) in [5, 5.41) is 9.55. The molecular weight excluding hydrogens is 564 g/mol. The Labute approximate surface area is 272 Å². The number of ether oxygens (including phenoxy) is 1. The molecule has 1 amide bonds. The first-order valence-electron chi connectivity index (χ1n) is 18.4. The number of likely N-dealkylation sites (tertiary alicyclic amines) is 1. The molecule has 2 unspecified atom stereocenters. The topological polar surface area (TPSA) is 110 Å². The van der Waals surface area contributed by atoms with Crippen LogP contribution in [0.5, 0.6) is 0 Å². The predicted octanol–water partition coefficient (Wildman–Crippen LogP) is 7.20. The van der Waals surface area contributed by atoms with Gasteiger partial charge in [-0.15, -0.1) is 0 Å². The van der Waals surface area contributed by atoms with Gasteiger partial charge in [-0.3, -0.25) is 14.4 Å². The van der Waals surface area contributed by atoms with E-state index in [0.717, 1.165) is 45.2 Å². The number of hydrogen-bond acceptors (Lipinski definition) is 5. The van der Waals surface area contributed by atoms with Gasteiger partial charge in [0.25, 0.3) is 0 Å². The molecule has 0 aromatic carbocycles. The van der Waals surface area contributed by atoms with E-state index in [9.17, 15) is 19.5 Å². The van der Waals surface area contributed by atoms with E-state index in [4.69, 9.17) is 10.5 Å². The molecular formula is C38H62N2O5. The quantitative estimate of drug-likeness (QED) is 0.302. The fourth-order valence-electron chi connectivity index (χ4n) is 13.3. The van der Waals surface area contributed by atoms with E-state index in [1.807, 2.05) is 0 Å². The number of fused-ring (bicyclic) bond motifs is 7. The molecule has 5 aliphatic carbocycles. The van der Waals surface area contributed by atoms with Gasteiger partial charge in [0, 0.05) is 31.0 Å². The van der Waals surface area contributed by atoms with Crippen LogP contribution in [0.1, 0.15) is 138 Å². The van der Waals surface area contributed by atoms with Crippen molar-refractivity contribution in [1.29, 1.82) is 0 Å². The monoisotopic (exact) mass is 626 g/mol. The van der Waals surface area contributed by atoms with Gasteiger partial charge < -0.3 is 20.5 Å². The van der Waals surface area contributed by atoms with E-state index in [2.05, 4.69) is 39.5 Å². The third kappa shape index (κ3) is 5.01. The minimum absolute atomic E-state index is 0.100. The number of nitrogens with two attached hydrogens (primary N) is 1. The first kappa shape index (κ1) is 33.3. The second kappa shape index (κ2) is 11.0. The Morgan fingerprint density at radius 1 is 0.844 bits per heavy atom. The fraction of sp³-hybridized carbons (Fsp3) is 0.921. The van der Waals surface area contributed by atoms with Crippen LogP contribution in [0.4, 0.5) is 0 Å². The van der Waals surface area contributed by atoms with Gasteiger partial charge in [0.2, 0.25) is 5.91 Å². The zero-order valence-electron chi connectivity index (χ0n) is 29.4. The molecule has 6 rings (SSSR count). The SMILES string of the molecule is CC(C)(CC(=O)O[C@H]1CC[C@@]2(C)C(CC[C@]3(C)C2CC[C@@H]2[C@H]4CCC[C@]4(CC(=O)N4CC[C@@H](N)C4)CC[C@]23C)C1(C)C)C(=O)O. The largest absolute Gasteiger partial charge is 0.481 e. The minimum atomic E-state index is -1.13. The molecule has 0 aromatic rings. The van der Waals surface area contributed by atoms with E-state index in [1.54, 1.807) is 13.8 Å². The lowest BCUT2D eigenvalue weighted by Gasteiger charge is -2.72.